The fourth-order valence-corrected chi connectivity index (χ4v) is 4.68. The Morgan fingerprint density at radius 3 is 2.40 bits per heavy atom. The standard InChI is InChI=1S/C19H27N5O/c1-14(2)19-12-23-8-9-24(13-19)11-15(10-23)17(19)21-22-18(25)20-16-6-4-3-5-7-16/h3-7,14-15H,8-13H2,1-2H3,(H2,20,22,25)/b21-17-. The summed E-state index contributed by atoms with van der Waals surface area (Å²) in [6.07, 6.45) is 0. The van der Waals surface area contributed by atoms with Crippen LogP contribution in [0.15, 0.2) is 35.4 Å². The lowest BCUT2D eigenvalue weighted by atomic mass is 9.64. The third kappa shape index (κ3) is 3.04. The van der Waals surface area contributed by atoms with Gasteiger partial charge in [-0.25, -0.2) is 10.2 Å². The Morgan fingerprint density at radius 1 is 1.16 bits per heavy atom. The lowest BCUT2D eigenvalue weighted by Crippen LogP contribution is -2.63. The van der Waals surface area contributed by atoms with Crippen molar-refractivity contribution in [3.63, 3.8) is 0 Å². The quantitative estimate of drug-likeness (QED) is 0.828. The number of carbonyl (C=O) groups is 1. The number of benzene rings is 1. The smallest absolute Gasteiger partial charge is 0.307 e. The lowest BCUT2D eigenvalue weighted by molar-refractivity contribution is 0.0827. The summed E-state index contributed by atoms with van der Waals surface area (Å²) >= 11 is 0. The fraction of sp³-hybridized carbons (Fsp3) is 0.579. The number of nitrogens with zero attached hydrogens (tertiary/aromatic N) is 3. The minimum Gasteiger partial charge on any atom is -0.307 e. The van der Waals surface area contributed by atoms with Crippen LogP contribution in [0.4, 0.5) is 10.5 Å². The van der Waals surface area contributed by atoms with Gasteiger partial charge >= 0.3 is 6.03 Å². The van der Waals surface area contributed by atoms with Gasteiger partial charge in [-0.3, -0.25) is 0 Å². The molecule has 5 rings (SSSR count). The summed E-state index contributed by atoms with van der Waals surface area (Å²) in [6, 6.07) is 9.20. The number of amides is 2. The molecular formula is C19H27N5O. The van der Waals surface area contributed by atoms with E-state index in [1.54, 1.807) is 0 Å². The SMILES string of the molecule is CC(C)C12CN3CCN(CC(C3)/C1=N/NC(=O)Nc1ccccc1)C2. The topological polar surface area (TPSA) is 60.0 Å². The lowest BCUT2D eigenvalue weighted by Gasteiger charge is -2.52. The van der Waals surface area contributed by atoms with Crippen molar-refractivity contribution >= 4 is 17.4 Å². The Labute approximate surface area is 149 Å². The van der Waals surface area contributed by atoms with Crippen LogP contribution in [0.2, 0.25) is 0 Å². The van der Waals surface area contributed by atoms with Gasteiger partial charge in [0.25, 0.3) is 0 Å². The van der Waals surface area contributed by atoms with Gasteiger partial charge in [-0.2, -0.15) is 5.10 Å². The molecule has 2 unspecified atom stereocenters. The van der Waals surface area contributed by atoms with E-state index < -0.39 is 0 Å². The maximum absolute atomic E-state index is 12.2. The summed E-state index contributed by atoms with van der Waals surface area (Å²) in [5.41, 5.74) is 4.78. The number of urea groups is 1. The number of nitrogens with one attached hydrogen (secondary N) is 2. The Morgan fingerprint density at radius 2 is 1.80 bits per heavy atom. The highest BCUT2D eigenvalue weighted by Gasteiger charge is 2.53. The number of hydrogen-bond acceptors (Lipinski definition) is 4. The van der Waals surface area contributed by atoms with Crippen molar-refractivity contribution in [1.82, 2.24) is 15.2 Å². The van der Waals surface area contributed by atoms with Gasteiger partial charge in [0.1, 0.15) is 0 Å². The molecular weight excluding hydrogens is 314 g/mol. The monoisotopic (exact) mass is 341 g/mol. The fourth-order valence-electron chi connectivity index (χ4n) is 4.68. The average Bonchev–Trinajstić information content (AvgIpc) is 2.83. The second-order valence-corrected chi connectivity index (χ2v) is 7.91. The summed E-state index contributed by atoms with van der Waals surface area (Å²) < 4.78 is 0. The number of rotatable bonds is 3. The molecule has 2 amide bonds. The van der Waals surface area contributed by atoms with Gasteiger partial charge in [0.05, 0.1) is 5.71 Å². The molecule has 0 aromatic heterocycles. The maximum atomic E-state index is 12.2. The summed E-state index contributed by atoms with van der Waals surface area (Å²) in [6.45, 7) is 11.1. The van der Waals surface area contributed by atoms with Crippen LogP contribution < -0.4 is 10.7 Å². The van der Waals surface area contributed by atoms with Crippen molar-refractivity contribution in [1.29, 1.82) is 0 Å². The minimum absolute atomic E-state index is 0.0533. The van der Waals surface area contributed by atoms with E-state index in [0.29, 0.717) is 11.8 Å². The second kappa shape index (κ2) is 6.42. The van der Waals surface area contributed by atoms with Gasteiger partial charge in [-0.05, 0) is 18.1 Å². The molecule has 0 saturated carbocycles. The van der Waals surface area contributed by atoms with Crippen molar-refractivity contribution in [3.8, 4) is 0 Å². The molecule has 4 heterocycles. The van der Waals surface area contributed by atoms with Gasteiger partial charge in [0, 0.05) is 56.3 Å². The van der Waals surface area contributed by atoms with Gasteiger partial charge in [0.15, 0.2) is 0 Å². The molecule has 134 valence electrons. The minimum atomic E-state index is -0.273. The largest absolute Gasteiger partial charge is 0.339 e. The van der Waals surface area contributed by atoms with Crippen molar-refractivity contribution in [2.45, 2.75) is 13.8 Å². The van der Waals surface area contributed by atoms with Crippen LogP contribution in [0.3, 0.4) is 0 Å². The van der Waals surface area contributed by atoms with E-state index in [1.807, 2.05) is 30.3 Å². The summed E-state index contributed by atoms with van der Waals surface area (Å²) in [4.78, 5) is 17.4. The molecule has 4 aliphatic heterocycles. The molecule has 6 nitrogen and oxygen atoms in total. The van der Waals surface area contributed by atoms with E-state index in [4.69, 9.17) is 0 Å². The number of para-hydroxylation sites is 1. The third-order valence-corrected chi connectivity index (χ3v) is 6.01. The second-order valence-electron chi connectivity index (χ2n) is 7.91. The van der Waals surface area contributed by atoms with Crippen molar-refractivity contribution in [2.75, 3.05) is 44.6 Å². The molecule has 2 N–H and O–H groups in total. The predicted octanol–water partition coefficient (Wildman–Crippen LogP) is 2.07. The van der Waals surface area contributed by atoms with Crippen LogP contribution in [-0.4, -0.2) is 60.8 Å². The first-order valence-electron chi connectivity index (χ1n) is 9.22. The number of carbonyl (C=O) groups excluding carboxylic acids is 1. The summed E-state index contributed by atoms with van der Waals surface area (Å²) in [7, 11) is 0. The van der Waals surface area contributed by atoms with Crippen LogP contribution in [0.5, 0.6) is 0 Å². The van der Waals surface area contributed by atoms with Crippen molar-refractivity contribution < 1.29 is 4.79 Å². The zero-order chi connectivity index (χ0) is 17.4. The number of hydrazone groups is 1. The van der Waals surface area contributed by atoms with Crippen molar-refractivity contribution in [2.24, 2.45) is 22.4 Å². The van der Waals surface area contributed by atoms with E-state index in [1.165, 1.54) is 5.71 Å². The van der Waals surface area contributed by atoms with E-state index in [-0.39, 0.29) is 11.4 Å². The Balaban J connectivity index is 1.54. The normalized spacial score (nSPS) is 35.0. The first-order valence-corrected chi connectivity index (χ1v) is 9.22. The van der Waals surface area contributed by atoms with E-state index in [2.05, 4.69) is 39.5 Å². The number of hydrogen-bond donors (Lipinski definition) is 2. The van der Waals surface area contributed by atoms with Gasteiger partial charge in [-0.1, -0.05) is 32.0 Å². The highest BCUT2D eigenvalue weighted by Crippen LogP contribution is 2.43. The predicted molar refractivity (Wildman–Crippen MR) is 99.7 cm³/mol. The van der Waals surface area contributed by atoms with Crippen LogP contribution in [0.25, 0.3) is 0 Å². The van der Waals surface area contributed by atoms with E-state index in [0.717, 1.165) is 45.0 Å². The Kier molecular flexibility index (Phi) is 4.25. The molecule has 0 radical (unpaired) electrons. The van der Waals surface area contributed by atoms with Crippen LogP contribution in [-0.2, 0) is 0 Å². The molecule has 4 bridgehead atoms. The van der Waals surface area contributed by atoms with Crippen LogP contribution >= 0.6 is 0 Å². The zero-order valence-corrected chi connectivity index (χ0v) is 15.0. The molecule has 25 heavy (non-hydrogen) atoms. The summed E-state index contributed by atoms with van der Waals surface area (Å²) in [5.74, 6) is 0.917. The number of fused-ring (bicyclic) bond motifs is 1. The first kappa shape index (κ1) is 16.5. The zero-order valence-electron chi connectivity index (χ0n) is 15.0. The highest BCUT2D eigenvalue weighted by molar-refractivity contribution is 5.97. The molecule has 4 fully saturated rings. The molecule has 1 aromatic carbocycles. The molecule has 1 aromatic rings. The Hall–Kier alpha value is -1.92. The van der Waals surface area contributed by atoms with Crippen molar-refractivity contribution in [3.05, 3.63) is 30.3 Å². The molecule has 4 saturated heterocycles. The highest BCUT2D eigenvalue weighted by atomic mass is 16.2. The van der Waals surface area contributed by atoms with Gasteiger partial charge in [-0.15, -0.1) is 0 Å². The van der Waals surface area contributed by atoms with Gasteiger partial charge < -0.3 is 15.1 Å². The van der Waals surface area contributed by atoms with E-state index >= 15 is 0 Å². The maximum Gasteiger partial charge on any atom is 0.339 e. The molecule has 6 heteroatoms. The Bertz CT molecular complexity index is 656. The molecule has 0 aliphatic carbocycles. The average molecular weight is 341 g/mol. The summed E-state index contributed by atoms with van der Waals surface area (Å²) in [5, 5.41) is 7.50. The number of anilines is 1. The first-order chi connectivity index (χ1) is 12.1. The van der Waals surface area contributed by atoms with Gasteiger partial charge in [0.2, 0.25) is 0 Å². The van der Waals surface area contributed by atoms with Crippen LogP contribution in [0.1, 0.15) is 13.8 Å². The molecule has 2 atom stereocenters. The van der Waals surface area contributed by atoms with E-state index in [9.17, 15) is 4.79 Å². The molecule has 0 spiro atoms. The molecule has 4 aliphatic rings. The third-order valence-electron chi connectivity index (χ3n) is 6.01. The van der Waals surface area contributed by atoms with Crippen LogP contribution in [0, 0.1) is 17.3 Å². The number of piperidine rings is 2.